The molecule has 0 aliphatic carbocycles. The molecule has 4 rings (SSSR count). The van der Waals surface area contributed by atoms with Crippen molar-refractivity contribution in [2.24, 2.45) is 4.99 Å². The van der Waals surface area contributed by atoms with Gasteiger partial charge >= 0.3 is 0 Å². The summed E-state index contributed by atoms with van der Waals surface area (Å²) in [5.74, 6) is 1.04. The number of unbranched alkanes of at least 4 members (excludes halogenated alkanes) is 1. The predicted molar refractivity (Wildman–Crippen MR) is 131 cm³/mol. The van der Waals surface area contributed by atoms with Gasteiger partial charge in [0.1, 0.15) is 5.84 Å². The number of hydrogen-bond acceptors (Lipinski definition) is 4. The van der Waals surface area contributed by atoms with Crippen LogP contribution in [0.25, 0.3) is 0 Å². The molecule has 2 aliphatic rings. The summed E-state index contributed by atoms with van der Waals surface area (Å²) in [5, 5.41) is 0. The van der Waals surface area contributed by atoms with Gasteiger partial charge in [-0.2, -0.15) is 0 Å². The number of nitrogens with zero attached hydrogens (tertiary/aromatic N) is 4. The molecular weight excluding hydrogens is 396 g/mol. The Hall–Kier alpha value is -2.50. The molecule has 1 amide bonds. The first kappa shape index (κ1) is 22.7. The number of amidine groups is 1. The number of rotatable bonds is 9. The van der Waals surface area contributed by atoms with E-state index in [-0.39, 0.29) is 5.91 Å². The standard InChI is InChI=1S/C27H36N4O/c1-3-4-16-25-28-27(23-12-7-5-8-13-23,24-14-9-6-10-15-24)26(32)31(25)18-11-17-30-21-19-29(2)20-22-30/h5-10,12-15H,3-4,11,16-22H2,1-2H3. The molecule has 5 heteroatoms. The monoisotopic (exact) mass is 432 g/mol. The maximum atomic E-state index is 14.1. The number of hydrogen-bond donors (Lipinski definition) is 0. The normalized spacial score (nSPS) is 19.4. The van der Waals surface area contributed by atoms with Crippen molar-refractivity contribution in [1.29, 1.82) is 0 Å². The average Bonchev–Trinajstić information content (AvgIpc) is 3.12. The van der Waals surface area contributed by atoms with Crippen LogP contribution >= 0.6 is 0 Å². The number of carbonyl (C=O) groups excluding carboxylic acids is 1. The Morgan fingerprint density at radius 2 is 1.44 bits per heavy atom. The molecule has 2 aromatic carbocycles. The van der Waals surface area contributed by atoms with Gasteiger partial charge in [-0.25, -0.2) is 4.99 Å². The second-order valence-electron chi connectivity index (χ2n) is 9.03. The van der Waals surface area contributed by atoms with Crippen LogP contribution in [0.3, 0.4) is 0 Å². The third-order valence-electron chi connectivity index (χ3n) is 6.75. The lowest BCUT2D eigenvalue weighted by Gasteiger charge is -2.33. The number of amides is 1. The van der Waals surface area contributed by atoms with E-state index in [4.69, 9.17) is 4.99 Å². The van der Waals surface area contributed by atoms with Gasteiger partial charge in [-0.05, 0) is 37.6 Å². The lowest BCUT2D eigenvalue weighted by Crippen LogP contribution is -2.46. The highest BCUT2D eigenvalue weighted by Gasteiger charge is 2.50. The molecule has 0 atom stereocenters. The van der Waals surface area contributed by atoms with Crippen molar-refractivity contribution in [3.05, 3.63) is 71.8 Å². The summed E-state index contributed by atoms with van der Waals surface area (Å²) in [4.78, 5) is 26.2. The molecule has 0 radical (unpaired) electrons. The smallest absolute Gasteiger partial charge is 0.265 e. The van der Waals surface area contributed by atoms with Crippen molar-refractivity contribution in [2.75, 3.05) is 46.3 Å². The Bertz CT molecular complexity index is 864. The second-order valence-corrected chi connectivity index (χ2v) is 9.03. The number of carbonyl (C=O) groups is 1. The molecule has 32 heavy (non-hydrogen) atoms. The van der Waals surface area contributed by atoms with Crippen LogP contribution in [0.1, 0.15) is 43.7 Å². The molecule has 0 spiro atoms. The molecule has 1 fully saturated rings. The molecule has 5 nitrogen and oxygen atoms in total. The minimum absolute atomic E-state index is 0.0966. The quantitative estimate of drug-likeness (QED) is 0.601. The largest absolute Gasteiger partial charge is 0.304 e. The number of aliphatic imine (C=N–C) groups is 1. The molecular formula is C27H36N4O. The Balaban J connectivity index is 1.60. The highest BCUT2D eigenvalue weighted by atomic mass is 16.2. The lowest BCUT2D eigenvalue weighted by atomic mass is 9.83. The second kappa shape index (κ2) is 10.4. The predicted octanol–water partition coefficient (Wildman–Crippen LogP) is 4.00. The summed E-state index contributed by atoms with van der Waals surface area (Å²) >= 11 is 0. The van der Waals surface area contributed by atoms with E-state index >= 15 is 0 Å². The molecule has 0 aromatic heterocycles. The van der Waals surface area contributed by atoms with Gasteiger partial charge in [0.05, 0.1) is 0 Å². The van der Waals surface area contributed by atoms with Gasteiger partial charge in [-0.1, -0.05) is 74.0 Å². The van der Waals surface area contributed by atoms with Gasteiger partial charge in [-0.15, -0.1) is 0 Å². The zero-order valence-electron chi connectivity index (χ0n) is 19.5. The van der Waals surface area contributed by atoms with Crippen molar-refractivity contribution in [3.8, 4) is 0 Å². The van der Waals surface area contributed by atoms with Crippen molar-refractivity contribution >= 4 is 11.7 Å². The Kier molecular flexibility index (Phi) is 7.38. The van der Waals surface area contributed by atoms with Crippen molar-refractivity contribution in [3.63, 3.8) is 0 Å². The summed E-state index contributed by atoms with van der Waals surface area (Å²) in [6, 6.07) is 20.2. The minimum atomic E-state index is -0.973. The number of piperazine rings is 1. The summed E-state index contributed by atoms with van der Waals surface area (Å²) in [6.07, 6.45) is 3.95. The van der Waals surface area contributed by atoms with E-state index in [1.54, 1.807) is 0 Å². The average molecular weight is 433 g/mol. The first-order valence-corrected chi connectivity index (χ1v) is 12.1. The number of benzene rings is 2. The zero-order chi connectivity index (χ0) is 22.4. The van der Waals surface area contributed by atoms with Gasteiger partial charge in [0.25, 0.3) is 5.91 Å². The third-order valence-corrected chi connectivity index (χ3v) is 6.75. The van der Waals surface area contributed by atoms with E-state index in [2.05, 4.69) is 23.8 Å². The van der Waals surface area contributed by atoms with Crippen molar-refractivity contribution < 1.29 is 4.79 Å². The van der Waals surface area contributed by atoms with Crippen LogP contribution in [0.5, 0.6) is 0 Å². The summed E-state index contributed by atoms with van der Waals surface area (Å²) < 4.78 is 0. The highest BCUT2D eigenvalue weighted by molar-refractivity contribution is 6.10. The van der Waals surface area contributed by atoms with E-state index in [0.29, 0.717) is 0 Å². The van der Waals surface area contributed by atoms with Gasteiger partial charge in [0, 0.05) is 39.1 Å². The van der Waals surface area contributed by atoms with Crippen LogP contribution in [0.15, 0.2) is 65.7 Å². The molecule has 0 unspecified atom stereocenters. The third kappa shape index (κ3) is 4.64. The molecule has 2 aromatic rings. The first-order chi connectivity index (χ1) is 15.6. The van der Waals surface area contributed by atoms with E-state index in [0.717, 1.165) is 81.9 Å². The lowest BCUT2D eigenvalue weighted by molar-refractivity contribution is -0.130. The molecule has 1 saturated heterocycles. The number of likely N-dealkylation sites (N-methyl/N-ethyl adjacent to an activating group) is 1. The highest BCUT2D eigenvalue weighted by Crippen LogP contribution is 2.40. The van der Waals surface area contributed by atoms with Gasteiger partial charge in [0.2, 0.25) is 0 Å². The van der Waals surface area contributed by atoms with Crippen molar-refractivity contribution in [1.82, 2.24) is 14.7 Å². The molecule has 170 valence electrons. The fraction of sp³-hybridized carbons (Fsp3) is 0.481. The SMILES string of the molecule is CCCCC1=NC(c2ccccc2)(c2ccccc2)C(=O)N1CCCN1CCN(C)CC1. The minimum Gasteiger partial charge on any atom is -0.304 e. The molecule has 0 N–H and O–H groups in total. The maximum Gasteiger partial charge on any atom is 0.265 e. The van der Waals surface area contributed by atoms with E-state index in [1.807, 2.05) is 65.6 Å². The Labute approximate surface area is 192 Å². The summed E-state index contributed by atoms with van der Waals surface area (Å²) in [6.45, 7) is 8.42. The van der Waals surface area contributed by atoms with Crippen LogP contribution in [-0.2, 0) is 10.3 Å². The van der Waals surface area contributed by atoms with Crippen LogP contribution < -0.4 is 0 Å². The van der Waals surface area contributed by atoms with Crippen molar-refractivity contribution in [2.45, 2.75) is 38.1 Å². The molecule has 2 aliphatic heterocycles. The fourth-order valence-corrected chi connectivity index (χ4v) is 4.80. The van der Waals surface area contributed by atoms with Crippen LogP contribution in [0.2, 0.25) is 0 Å². The van der Waals surface area contributed by atoms with Crippen LogP contribution in [-0.4, -0.2) is 72.8 Å². The summed E-state index contributed by atoms with van der Waals surface area (Å²) in [5.41, 5.74) is 0.929. The van der Waals surface area contributed by atoms with Gasteiger partial charge < -0.3 is 9.80 Å². The van der Waals surface area contributed by atoms with Crippen LogP contribution in [0, 0.1) is 0 Å². The Morgan fingerprint density at radius 1 is 0.844 bits per heavy atom. The first-order valence-electron chi connectivity index (χ1n) is 12.1. The Morgan fingerprint density at radius 3 is 2.00 bits per heavy atom. The molecule has 0 bridgehead atoms. The van der Waals surface area contributed by atoms with Gasteiger partial charge in [0.15, 0.2) is 5.54 Å². The van der Waals surface area contributed by atoms with E-state index < -0.39 is 5.54 Å². The van der Waals surface area contributed by atoms with E-state index in [1.165, 1.54) is 0 Å². The van der Waals surface area contributed by atoms with E-state index in [9.17, 15) is 4.79 Å². The molecule has 2 heterocycles. The maximum absolute atomic E-state index is 14.1. The topological polar surface area (TPSA) is 39.2 Å². The fourth-order valence-electron chi connectivity index (χ4n) is 4.80. The van der Waals surface area contributed by atoms with Crippen LogP contribution in [0.4, 0.5) is 0 Å². The zero-order valence-corrected chi connectivity index (χ0v) is 19.5. The summed E-state index contributed by atoms with van der Waals surface area (Å²) in [7, 11) is 2.18. The molecule has 0 saturated carbocycles. The van der Waals surface area contributed by atoms with Gasteiger partial charge in [-0.3, -0.25) is 9.69 Å².